The van der Waals surface area contributed by atoms with Gasteiger partial charge in [0.25, 0.3) is 0 Å². The van der Waals surface area contributed by atoms with Gasteiger partial charge in [0.05, 0.1) is 11.5 Å². The van der Waals surface area contributed by atoms with Crippen LogP contribution in [0.2, 0.25) is 5.28 Å². The number of rotatable bonds is 3. The van der Waals surface area contributed by atoms with E-state index in [0.29, 0.717) is 12.5 Å². The summed E-state index contributed by atoms with van der Waals surface area (Å²) >= 11 is 7.49. The zero-order valence-corrected chi connectivity index (χ0v) is 11.6. The van der Waals surface area contributed by atoms with Gasteiger partial charge in [0, 0.05) is 11.5 Å². The number of halogens is 1. The van der Waals surface area contributed by atoms with E-state index in [-0.39, 0.29) is 11.4 Å². The van der Waals surface area contributed by atoms with Crippen LogP contribution in [0.25, 0.3) is 10.2 Å². The molecule has 2 aromatic rings. The van der Waals surface area contributed by atoms with Crippen LogP contribution in [0.4, 0.5) is 0 Å². The highest BCUT2D eigenvalue weighted by Crippen LogP contribution is 2.31. The Morgan fingerprint density at radius 1 is 1.56 bits per heavy atom. The van der Waals surface area contributed by atoms with Crippen LogP contribution in [0.3, 0.4) is 0 Å². The van der Waals surface area contributed by atoms with Crippen molar-refractivity contribution in [2.45, 2.75) is 25.9 Å². The van der Waals surface area contributed by atoms with Gasteiger partial charge in [-0.3, -0.25) is 0 Å². The first-order chi connectivity index (χ1) is 8.72. The Morgan fingerprint density at radius 2 is 2.44 bits per heavy atom. The Bertz CT molecular complexity index is 566. The summed E-state index contributed by atoms with van der Waals surface area (Å²) in [6, 6.07) is 2.03. The Morgan fingerprint density at radius 3 is 3.22 bits per heavy atom. The van der Waals surface area contributed by atoms with Crippen molar-refractivity contribution in [3.8, 4) is 5.88 Å². The Labute approximate surface area is 114 Å². The molecule has 1 aliphatic rings. The van der Waals surface area contributed by atoms with E-state index >= 15 is 0 Å². The van der Waals surface area contributed by atoms with E-state index in [1.807, 2.05) is 13.0 Å². The second kappa shape index (κ2) is 4.99. The quantitative estimate of drug-likeness (QED) is 0.812. The summed E-state index contributed by atoms with van der Waals surface area (Å²) in [6.45, 7) is 3.38. The molecule has 1 saturated heterocycles. The third kappa shape index (κ3) is 2.43. The molecule has 3 rings (SSSR count). The van der Waals surface area contributed by atoms with Gasteiger partial charge in [0.1, 0.15) is 11.4 Å². The Kier molecular flexibility index (Phi) is 3.37. The van der Waals surface area contributed by atoms with E-state index in [1.54, 1.807) is 11.3 Å². The summed E-state index contributed by atoms with van der Waals surface area (Å²) in [5.74, 6) is 0.560. The second-order valence-electron chi connectivity index (χ2n) is 4.32. The van der Waals surface area contributed by atoms with E-state index in [0.717, 1.165) is 29.7 Å². The fourth-order valence-corrected chi connectivity index (χ4v) is 3.13. The van der Waals surface area contributed by atoms with Gasteiger partial charge in [0.15, 0.2) is 0 Å². The lowest BCUT2D eigenvalue weighted by Gasteiger charge is -2.11. The van der Waals surface area contributed by atoms with E-state index in [1.165, 1.54) is 4.88 Å². The van der Waals surface area contributed by atoms with Gasteiger partial charge in [-0.05, 0) is 37.4 Å². The molecular formula is C12H13ClN2O2S. The smallest absolute Gasteiger partial charge is 0.227 e. The van der Waals surface area contributed by atoms with Gasteiger partial charge in [-0.25, -0.2) is 4.98 Å². The summed E-state index contributed by atoms with van der Waals surface area (Å²) in [5.41, 5.74) is 0. The molecule has 0 aromatic carbocycles. The topological polar surface area (TPSA) is 44.2 Å². The van der Waals surface area contributed by atoms with Gasteiger partial charge in [-0.15, -0.1) is 11.3 Å². The average molecular weight is 285 g/mol. The van der Waals surface area contributed by atoms with E-state index in [4.69, 9.17) is 21.1 Å². The highest BCUT2D eigenvalue weighted by Gasteiger charge is 2.18. The van der Waals surface area contributed by atoms with Crippen molar-refractivity contribution < 1.29 is 9.47 Å². The van der Waals surface area contributed by atoms with Crippen molar-refractivity contribution in [1.82, 2.24) is 9.97 Å². The minimum absolute atomic E-state index is 0.175. The van der Waals surface area contributed by atoms with E-state index in [9.17, 15) is 0 Å². The monoisotopic (exact) mass is 284 g/mol. The number of ether oxygens (including phenoxy) is 2. The number of nitrogens with zero attached hydrogens (tertiary/aromatic N) is 2. The minimum Gasteiger partial charge on any atom is -0.474 e. The normalized spacial score (nSPS) is 19.6. The lowest BCUT2D eigenvalue weighted by atomic mass is 10.2. The zero-order valence-electron chi connectivity index (χ0n) is 9.98. The third-order valence-corrected chi connectivity index (χ3v) is 4.00. The lowest BCUT2D eigenvalue weighted by molar-refractivity contribution is 0.0669. The molecule has 1 aliphatic heterocycles. The summed E-state index contributed by atoms with van der Waals surface area (Å²) in [7, 11) is 0. The largest absolute Gasteiger partial charge is 0.474 e. The van der Waals surface area contributed by atoms with Crippen LogP contribution in [-0.2, 0) is 4.74 Å². The Hall–Kier alpha value is -0.910. The molecule has 0 N–H and O–H groups in total. The summed E-state index contributed by atoms with van der Waals surface area (Å²) in [4.78, 5) is 10.4. The van der Waals surface area contributed by atoms with Crippen molar-refractivity contribution in [2.75, 3.05) is 13.2 Å². The SMILES string of the molecule is Cc1cc2c(OCC3CCCO3)nc(Cl)nc2s1. The molecule has 1 atom stereocenters. The molecule has 0 aliphatic carbocycles. The maximum absolute atomic E-state index is 5.90. The molecule has 0 saturated carbocycles. The van der Waals surface area contributed by atoms with Crippen LogP contribution >= 0.6 is 22.9 Å². The first kappa shape index (κ1) is 12.1. The molecule has 0 spiro atoms. The van der Waals surface area contributed by atoms with Crippen LogP contribution < -0.4 is 4.74 Å². The van der Waals surface area contributed by atoms with E-state index in [2.05, 4.69) is 9.97 Å². The fourth-order valence-electron chi connectivity index (χ4n) is 2.05. The lowest BCUT2D eigenvalue weighted by Crippen LogP contribution is -2.16. The van der Waals surface area contributed by atoms with Gasteiger partial charge in [0.2, 0.25) is 11.2 Å². The molecule has 1 unspecified atom stereocenters. The minimum atomic E-state index is 0.175. The Balaban J connectivity index is 1.85. The van der Waals surface area contributed by atoms with Crippen molar-refractivity contribution in [2.24, 2.45) is 0 Å². The van der Waals surface area contributed by atoms with Crippen LogP contribution in [-0.4, -0.2) is 29.3 Å². The number of aromatic nitrogens is 2. The number of aryl methyl sites for hydroxylation is 1. The third-order valence-electron chi connectivity index (χ3n) is 2.88. The number of thiophene rings is 1. The number of hydrogen-bond donors (Lipinski definition) is 0. The first-order valence-electron chi connectivity index (χ1n) is 5.90. The highest BCUT2D eigenvalue weighted by atomic mass is 35.5. The molecule has 0 bridgehead atoms. The van der Waals surface area contributed by atoms with Gasteiger partial charge in [-0.2, -0.15) is 4.98 Å². The van der Waals surface area contributed by atoms with Crippen molar-refractivity contribution in [3.63, 3.8) is 0 Å². The van der Waals surface area contributed by atoms with Crippen LogP contribution in [0.1, 0.15) is 17.7 Å². The number of hydrogen-bond acceptors (Lipinski definition) is 5. The molecule has 3 heterocycles. The van der Waals surface area contributed by atoms with E-state index < -0.39 is 0 Å². The molecule has 1 fully saturated rings. The molecular weight excluding hydrogens is 272 g/mol. The first-order valence-corrected chi connectivity index (χ1v) is 7.10. The molecule has 0 radical (unpaired) electrons. The van der Waals surface area contributed by atoms with Crippen molar-refractivity contribution >= 4 is 33.2 Å². The molecule has 18 heavy (non-hydrogen) atoms. The molecule has 96 valence electrons. The maximum atomic E-state index is 5.90. The average Bonchev–Trinajstić information content (AvgIpc) is 2.93. The molecule has 6 heteroatoms. The van der Waals surface area contributed by atoms with Gasteiger partial charge < -0.3 is 9.47 Å². The van der Waals surface area contributed by atoms with Gasteiger partial charge in [-0.1, -0.05) is 0 Å². The summed E-state index contributed by atoms with van der Waals surface area (Å²) in [5, 5.41) is 1.16. The standard InChI is InChI=1S/C12H13ClN2O2S/c1-7-5-9-10(14-12(13)15-11(9)18-7)17-6-8-3-2-4-16-8/h5,8H,2-4,6H2,1H3. The summed E-state index contributed by atoms with van der Waals surface area (Å²) < 4.78 is 11.3. The fraction of sp³-hybridized carbons (Fsp3) is 0.500. The molecule has 0 amide bonds. The van der Waals surface area contributed by atoms with Crippen molar-refractivity contribution in [1.29, 1.82) is 0 Å². The van der Waals surface area contributed by atoms with Crippen molar-refractivity contribution in [3.05, 3.63) is 16.2 Å². The molecule has 4 nitrogen and oxygen atoms in total. The predicted octanol–water partition coefficient (Wildman–Crippen LogP) is 3.21. The van der Waals surface area contributed by atoms with Gasteiger partial charge >= 0.3 is 0 Å². The second-order valence-corrected chi connectivity index (χ2v) is 5.89. The number of fused-ring (bicyclic) bond motifs is 1. The molecule has 2 aromatic heterocycles. The van der Waals surface area contributed by atoms with Crippen LogP contribution in [0.15, 0.2) is 6.07 Å². The predicted molar refractivity (Wildman–Crippen MR) is 71.6 cm³/mol. The zero-order chi connectivity index (χ0) is 12.5. The van der Waals surface area contributed by atoms with Crippen LogP contribution in [0, 0.1) is 6.92 Å². The maximum Gasteiger partial charge on any atom is 0.227 e. The highest BCUT2D eigenvalue weighted by molar-refractivity contribution is 7.18. The van der Waals surface area contributed by atoms with Crippen LogP contribution in [0.5, 0.6) is 5.88 Å². The summed E-state index contributed by atoms with van der Waals surface area (Å²) in [6.07, 6.45) is 2.32.